The molecule has 0 fully saturated rings. The molecule has 0 aromatic heterocycles. The van der Waals surface area contributed by atoms with Gasteiger partial charge in [0.05, 0.1) is 19.8 Å². The van der Waals surface area contributed by atoms with Crippen molar-refractivity contribution in [3.63, 3.8) is 0 Å². The fourth-order valence-electron chi connectivity index (χ4n) is 1.83. The first-order valence-corrected chi connectivity index (χ1v) is 6.89. The highest BCUT2D eigenvalue weighted by Crippen LogP contribution is 2.41. The maximum Gasteiger partial charge on any atom is 0.211 e. The number of nitrogens with one attached hydrogen (secondary N) is 1. The van der Waals surface area contributed by atoms with Crippen molar-refractivity contribution in [1.29, 1.82) is 5.41 Å². The highest BCUT2D eigenvalue weighted by atomic mass is 79.9. The van der Waals surface area contributed by atoms with E-state index < -0.39 is 0 Å². The molecule has 6 heteroatoms. The molecule has 0 amide bonds. The van der Waals surface area contributed by atoms with Gasteiger partial charge in [-0.05, 0) is 30.3 Å². The molecule has 2 rings (SSSR count). The van der Waals surface area contributed by atoms with Gasteiger partial charge < -0.3 is 19.9 Å². The lowest BCUT2D eigenvalue weighted by molar-refractivity contribution is 0.346. The quantitative estimate of drug-likeness (QED) is 0.638. The minimum absolute atomic E-state index is 0.0774. The molecule has 21 heavy (non-hydrogen) atoms. The van der Waals surface area contributed by atoms with E-state index in [1.807, 2.05) is 0 Å². The Morgan fingerprint density at radius 2 is 1.67 bits per heavy atom. The van der Waals surface area contributed by atoms with Crippen molar-refractivity contribution in [1.82, 2.24) is 0 Å². The Hall–Kier alpha value is -2.21. The van der Waals surface area contributed by atoms with Crippen LogP contribution in [0.15, 0.2) is 40.9 Å². The number of halogens is 1. The lowest BCUT2D eigenvalue weighted by Gasteiger charge is -2.16. The van der Waals surface area contributed by atoms with E-state index in [1.165, 1.54) is 0 Å². The molecule has 0 aliphatic heterocycles. The zero-order valence-corrected chi connectivity index (χ0v) is 13.2. The Labute approximate surface area is 131 Å². The first-order valence-electron chi connectivity index (χ1n) is 6.09. The largest absolute Gasteiger partial charge is 0.493 e. The van der Waals surface area contributed by atoms with Crippen molar-refractivity contribution in [2.75, 3.05) is 14.2 Å². The Kier molecular flexibility index (Phi) is 4.70. The van der Waals surface area contributed by atoms with Gasteiger partial charge in [-0.15, -0.1) is 0 Å². The fourth-order valence-corrected chi connectivity index (χ4v) is 2.17. The summed E-state index contributed by atoms with van der Waals surface area (Å²) in [7, 11) is 3.10. The first-order chi connectivity index (χ1) is 10.1. The van der Waals surface area contributed by atoms with E-state index in [0.717, 1.165) is 4.47 Å². The van der Waals surface area contributed by atoms with Gasteiger partial charge in [0.2, 0.25) is 5.75 Å². The molecule has 0 aliphatic carbocycles. The van der Waals surface area contributed by atoms with Crippen molar-refractivity contribution >= 4 is 21.8 Å². The molecule has 2 aromatic carbocycles. The molecule has 0 aliphatic rings. The summed E-state index contributed by atoms with van der Waals surface area (Å²) in [6, 6.07) is 10.6. The van der Waals surface area contributed by atoms with Crippen molar-refractivity contribution in [2.24, 2.45) is 5.73 Å². The highest BCUT2D eigenvalue weighted by Gasteiger charge is 2.15. The molecule has 0 radical (unpaired) electrons. The van der Waals surface area contributed by atoms with Gasteiger partial charge in [0.25, 0.3) is 0 Å². The second-order valence-electron chi connectivity index (χ2n) is 4.15. The molecule has 3 N–H and O–H groups in total. The van der Waals surface area contributed by atoms with E-state index in [-0.39, 0.29) is 5.84 Å². The van der Waals surface area contributed by atoms with Gasteiger partial charge in [0, 0.05) is 4.47 Å². The van der Waals surface area contributed by atoms with E-state index >= 15 is 0 Å². The summed E-state index contributed by atoms with van der Waals surface area (Å²) in [5.41, 5.74) is 6.08. The van der Waals surface area contributed by atoms with Crippen LogP contribution in [0.5, 0.6) is 23.0 Å². The maximum absolute atomic E-state index is 7.63. The maximum atomic E-state index is 7.63. The summed E-state index contributed by atoms with van der Waals surface area (Å²) in [4.78, 5) is 0. The van der Waals surface area contributed by atoms with E-state index in [0.29, 0.717) is 28.6 Å². The molecule has 110 valence electrons. The summed E-state index contributed by atoms with van der Waals surface area (Å²) < 4.78 is 17.3. The average Bonchev–Trinajstić information content (AvgIpc) is 2.47. The smallest absolute Gasteiger partial charge is 0.211 e. The third-order valence-electron chi connectivity index (χ3n) is 2.83. The molecular weight excluding hydrogens is 336 g/mol. The Bertz CT molecular complexity index is 652. The van der Waals surface area contributed by atoms with Crippen LogP contribution >= 0.6 is 15.9 Å². The Morgan fingerprint density at radius 1 is 1.05 bits per heavy atom. The average molecular weight is 351 g/mol. The monoisotopic (exact) mass is 350 g/mol. The molecule has 0 saturated heterocycles. The zero-order chi connectivity index (χ0) is 15.4. The molecule has 0 heterocycles. The molecule has 0 unspecified atom stereocenters. The third kappa shape index (κ3) is 3.28. The number of ether oxygens (including phenoxy) is 3. The summed E-state index contributed by atoms with van der Waals surface area (Å²) in [5.74, 6) is 1.86. The van der Waals surface area contributed by atoms with Crippen LogP contribution in [-0.4, -0.2) is 20.1 Å². The number of hydrogen-bond acceptors (Lipinski definition) is 4. The first kappa shape index (κ1) is 15.2. The van der Waals surface area contributed by atoms with Gasteiger partial charge in [-0.1, -0.05) is 22.0 Å². The zero-order valence-electron chi connectivity index (χ0n) is 11.6. The van der Waals surface area contributed by atoms with Crippen LogP contribution in [-0.2, 0) is 0 Å². The lowest BCUT2D eigenvalue weighted by atomic mass is 10.2. The summed E-state index contributed by atoms with van der Waals surface area (Å²) in [6.07, 6.45) is 0. The number of hydrogen-bond donors (Lipinski definition) is 2. The van der Waals surface area contributed by atoms with Gasteiger partial charge in [-0.25, -0.2) is 0 Å². The molecule has 0 saturated carbocycles. The van der Waals surface area contributed by atoms with Crippen molar-refractivity contribution in [3.8, 4) is 23.0 Å². The van der Waals surface area contributed by atoms with Gasteiger partial charge in [0.1, 0.15) is 11.6 Å². The summed E-state index contributed by atoms with van der Waals surface area (Å²) >= 11 is 3.38. The molecule has 2 aromatic rings. The number of para-hydroxylation sites is 1. The number of nitrogens with two attached hydrogens (primary N) is 1. The third-order valence-corrected chi connectivity index (χ3v) is 3.32. The normalized spacial score (nSPS) is 10.0. The number of methoxy groups -OCH3 is 2. The minimum Gasteiger partial charge on any atom is -0.493 e. The molecule has 0 spiro atoms. The van der Waals surface area contributed by atoms with Crippen molar-refractivity contribution in [2.45, 2.75) is 0 Å². The van der Waals surface area contributed by atoms with Crippen LogP contribution < -0.4 is 19.9 Å². The van der Waals surface area contributed by atoms with Gasteiger partial charge in [0.15, 0.2) is 11.5 Å². The Balaban J connectivity index is 2.52. The van der Waals surface area contributed by atoms with Gasteiger partial charge >= 0.3 is 0 Å². The second-order valence-corrected chi connectivity index (χ2v) is 5.06. The van der Waals surface area contributed by atoms with E-state index in [1.54, 1.807) is 50.6 Å². The predicted molar refractivity (Wildman–Crippen MR) is 84.8 cm³/mol. The molecule has 0 bridgehead atoms. The van der Waals surface area contributed by atoms with Gasteiger partial charge in [-0.3, -0.25) is 5.41 Å². The topological polar surface area (TPSA) is 77.6 Å². The van der Waals surface area contributed by atoms with E-state index in [9.17, 15) is 0 Å². The number of rotatable bonds is 5. The second kappa shape index (κ2) is 6.49. The Morgan fingerprint density at radius 3 is 2.19 bits per heavy atom. The highest BCUT2D eigenvalue weighted by molar-refractivity contribution is 9.10. The van der Waals surface area contributed by atoms with Crippen LogP contribution in [0.2, 0.25) is 0 Å². The van der Waals surface area contributed by atoms with Crippen LogP contribution in [0.4, 0.5) is 0 Å². The van der Waals surface area contributed by atoms with Crippen LogP contribution in [0, 0.1) is 5.41 Å². The van der Waals surface area contributed by atoms with E-state index in [4.69, 9.17) is 25.4 Å². The standard InChI is InChI=1S/C15H15BrN2O3/c1-19-11-4-3-5-12(20-2)14(11)21-13-8-9(16)6-7-10(13)15(17)18/h3-8H,1-2H3,(H3,17,18). The van der Waals surface area contributed by atoms with Crippen LogP contribution in [0.3, 0.4) is 0 Å². The number of nitrogen functional groups attached to an aromatic ring is 1. The van der Waals surface area contributed by atoms with Crippen LogP contribution in [0.1, 0.15) is 5.56 Å². The van der Waals surface area contributed by atoms with Gasteiger partial charge in [-0.2, -0.15) is 0 Å². The lowest BCUT2D eigenvalue weighted by Crippen LogP contribution is -2.12. The SMILES string of the molecule is COc1cccc(OC)c1Oc1cc(Br)ccc1C(=N)N. The predicted octanol–water partition coefficient (Wildman–Crippen LogP) is 3.54. The van der Waals surface area contributed by atoms with Crippen LogP contribution in [0.25, 0.3) is 0 Å². The summed E-state index contributed by atoms with van der Waals surface area (Å²) in [5, 5.41) is 7.63. The molecular formula is C15H15BrN2O3. The summed E-state index contributed by atoms with van der Waals surface area (Å²) in [6.45, 7) is 0. The number of amidine groups is 1. The molecule has 5 nitrogen and oxygen atoms in total. The van der Waals surface area contributed by atoms with Crippen molar-refractivity contribution < 1.29 is 14.2 Å². The fraction of sp³-hybridized carbons (Fsp3) is 0.133. The van der Waals surface area contributed by atoms with Crippen molar-refractivity contribution in [3.05, 3.63) is 46.4 Å². The van der Waals surface area contributed by atoms with E-state index in [2.05, 4.69) is 15.9 Å². The molecule has 0 atom stereocenters. The minimum atomic E-state index is -0.0774. The number of benzene rings is 2.